The highest BCUT2D eigenvalue weighted by Gasteiger charge is 2.33. The van der Waals surface area contributed by atoms with Crippen molar-refractivity contribution in [2.75, 3.05) is 32.9 Å². The van der Waals surface area contributed by atoms with E-state index >= 15 is 0 Å². The minimum atomic E-state index is -4.37. The van der Waals surface area contributed by atoms with E-state index in [9.17, 15) is 13.2 Å². The summed E-state index contributed by atoms with van der Waals surface area (Å²) in [5, 5.41) is 0. The Morgan fingerprint density at radius 3 is 2.67 bits per heavy atom. The van der Waals surface area contributed by atoms with Gasteiger partial charge in [-0.1, -0.05) is 6.07 Å². The van der Waals surface area contributed by atoms with E-state index in [1.54, 1.807) is 0 Å². The van der Waals surface area contributed by atoms with Crippen LogP contribution in [0.5, 0.6) is 0 Å². The molecule has 1 aliphatic rings. The first-order valence-electron chi connectivity index (χ1n) is 7.12. The summed E-state index contributed by atoms with van der Waals surface area (Å²) in [5.41, 5.74) is 5.27. The zero-order valence-electron chi connectivity index (χ0n) is 12.5. The third kappa shape index (κ3) is 4.11. The second-order valence-electron chi connectivity index (χ2n) is 5.89. The molecule has 0 saturated carbocycles. The van der Waals surface area contributed by atoms with Crippen molar-refractivity contribution in [1.29, 1.82) is 0 Å². The Labute approximate surface area is 123 Å². The van der Waals surface area contributed by atoms with Crippen LogP contribution in [0.3, 0.4) is 0 Å². The first kappa shape index (κ1) is 16.1. The molecule has 1 atom stereocenters. The molecule has 1 aromatic carbocycles. The number of hydrogen-bond acceptors (Lipinski definition) is 3. The number of likely N-dealkylation sites (N-methyl/N-ethyl adjacent to an activating group) is 2. The minimum Gasteiger partial charge on any atom is -0.399 e. The number of benzene rings is 1. The minimum absolute atomic E-state index is 0.143. The van der Waals surface area contributed by atoms with Gasteiger partial charge in [0.15, 0.2) is 0 Å². The van der Waals surface area contributed by atoms with Crippen molar-refractivity contribution in [3.05, 3.63) is 29.3 Å². The Hall–Kier alpha value is -1.27. The molecular formula is C15H22F3N3. The summed E-state index contributed by atoms with van der Waals surface area (Å²) in [5.74, 6) is 0. The maximum absolute atomic E-state index is 13.1. The van der Waals surface area contributed by atoms with Gasteiger partial charge in [0.2, 0.25) is 0 Å². The Morgan fingerprint density at radius 1 is 1.38 bits per heavy atom. The van der Waals surface area contributed by atoms with Gasteiger partial charge < -0.3 is 15.5 Å². The van der Waals surface area contributed by atoms with Gasteiger partial charge in [0.25, 0.3) is 0 Å². The highest BCUT2D eigenvalue weighted by Crippen LogP contribution is 2.33. The van der Waals surface area contributed by atoms with Crippen LogP contribution in [0.15, 0.2) is 18.2 Å². The van der Waals surface area contributed by atoms with Gasteiger partial charge in [-0.25, -0.2) is 0 Å². The molecule has 0 bridgehead atoms. The summed E-state index contributed by atoms with van der Waals surface area (Å²) >= 11 is 0. The third-order valence-electron chi connectivity index (χ3n) is 4.07. The predicted molar refractivity (Wildman–Crippen MR) is 77.8 cm³/mol. The Kier molecular flexibility index (Phi) is 4.78. The van der Waals surface area contributed by atoms with Gasteiger partial charge in [0.1, 0.15) is 0 Å². The Bertz CT molecular complexity index is 488. The second-order valence-corrected chi connectivity index (χ2v) is 5.89. The number of likely N-dealkylation sites (tertiary alicyclic amines) is 1. The number of halogens is 3. The topological polar surface area (TPSA) is 32.5 Å². The van der Waals surface area contributed by atoms with Gasteiger partial charge in [-0.15, -0.1) is 0 Å². The smallest absolute Gasteiger partial charge is 0.399 e. The number of alkyl halides is 3. The molecule has 1 saturated heterocycles. The van der Waals surface area contributed by atoms with Crippen molar-refractivity contribution in [2.24, 2.45) is 0 Å². The van der Waals surface area contributed by atoms with Crippen LogP contribution in [0.4, 0.5) is 18.9 Å². The van der Waals surface area contributed by atoms with E-state index in [1.807, 2.05) is 11.9 Å². The summed E-state index contributed by atoms with van der Waals surface area (Å²) in [7, 11) is 3.93. The molecule has 3 nitrogen and oxygen atoms in total. The van der Waals surface area contributed by atoms with Gasteiger partial charge >= 0.3 is 6.18 Å². The molecule has 118 valence electrons. The van der Waals surface area contributed by atoms with Gasteiger partial charge in [-0.3, -0.25) is 0 Å². The predicted octanol–water partition coefficient (Wildman–Crippen LogP) is 2.81. The molecule has 0 radical (unpaired) electrons. The third-order valence-corrected chi connectivity index (χ3v) is 4.07. The van der Waals surface area contributed by atoms with Gasteiger partial charge in [0, 0.05) is 24.8 Å². The summed E-state index contributed by atoms with van der Waals surface area (Å²) in [4.78, 5) is 4.22. The molecule has 2 rings (SSSR count). The number of hydrogen-bond donors (Lipinski definition) is 1. The average Bonchev–Trinajstić information content (AvgIpc) is 2.76. The lowest BCUT2D eigenvalue weighted by molar-refractivity contribution is -0.138. The Morgan fingerprint density at radius 2 is 2.10 bits per heavy atom. The lowest BCUT2D eigenvalue weighted by Crippen LogP contribution is -2.36. The van der Waals surface area contributed by atoms with E-state index in [4.69, 9.17) is 5.73 Å². The lowest BCUT2D eigenvalue weighted by Gasteiger charge is -2.26. The fourth-order valence-electron chi connectivity index (χ4n) is 2.92. The number of rotatable bonds is 4. The van der Waals surface area contributed by atoms with Crippen molar-refractivity contribution in [1.82, 2.24) is 9.80 Å². The molecule has 1 heterocycles. The molecule has 1 aliphatic heterocycles. The molecule has 0 aliphatic carbocycles. The van der Waals surface area contributed by atoms with Crippen molar-refractivity contribution in [3.8, 4) is 0 Å². The molecule has 0 spiro atoms. The summed E-state index contributed by atoms with van der Waals surface area (Å²) < 4.78 is 39.2. The SMILES string of the molecule is CN(Cc1ccc(N)cc1C(F)(F)F)CC1CCCN1C. The van der Waals surface area contributed by atoms with Gasteiger partial charge in [0.05, 0.1) is 5.56 Å². The van der Waals surface area contributed by atoms with Crippen LogP contribution in [0.2, 0.25) is 0 Å². The van der Waals surface area contributed by atoms with Crippen LogP contribution in [0.1, 0.15) is 24.0 Å². The number of nitrogens with two attached hydrogens (primary N) is 1. The number of nitrogens with zero attached hydrogens (tertiary/aromatic N) is 2. The molecule has 21 heavy (non-hydrogen) atoms. The van der Waals surface area contributed by atoms with Crippen LogP contribution in [-0.4, -0.2) is 43.0 Å². The molecule has 0 amide bonds. The zero-order valence-corrected chi connectivity index (χ0v) is 12.5. The normalized spacial score (nSPS) is 20.4. The van der Waals surface area contributed by atoms with E-state index in [-0.39, 0.29) is 17.8 Å². The van der Waals surface area contributed by atoms with Crippen molar-refractivity contribution < 1.29 is 13.2 Å². The quantitative estimate of drug-likeness (QED) is 0.868. The molecule has 0 aromatic heterocycles. The maximum atomic E-state index is 13.1. The van der Waals surface area contributed by atoms with E-state index in [2.05, 4.69) is 11.9 Å². The van der Waals surface area contributed by atoms with Crippen molar-refractivity contribution >= 4 is 5.69 Å². The summed E-state index contributed by atoms with van der Waals surface area (Å²) in [6.07, 6.45) is -2.10. The van der Waals surface area contributed by atoms with Crippen LogP contribution in [-0.2, 0) is 12.7 Å². The van der Waals surface area contributed by atoms with Crippen molar-refractivity contribution in [3.63, 3.8) is 0 Å². The van der Waals surface area contributed by atoms with E-state index in [0.29, 0.717) is 6.04 Å². The van der Waals surface area contributed by atoms with Crippen LogP contribution < -0.4 is 5.73 Å². The first-order chi connectivity index (χ1) is 9.77. The van der Waals surface area contributed by atoms with Crippen LogP contribution in [0.25, 0.3) is 0 Å². The highest BCUT2D eigenvalue weighted by molar-refractivity contribution is 5.46. The largest absolute Gasteiger partial charge is 0.416 e. The van der Waals surface area contributed by atoms with Gasteiger partial charge in [-0.2, -0.15) is 13.2 Å². The maximum Gasteiger partial charge on any atom is 0.416 e. The highest BCUT2D eigenvalue weighted by atomic mass is 19.4. The van der Waals surface area contributed by atoms with E-state index < -0.39 is 11.7 Å². The molecule has 1 unspecified atom stereocenters. The lowest BCUT2D eigenvalue weighted by atomic mass is 10.1. The Balaban J connectivity index is 2.08. The van der Waals surface area contributed by atoms with Crippen LogP contribution >= 0.6 is 0 Å². The standard InChI is InChI=1S/C15H22F3N3/c1-20(10-13-4-3-7-21(13)2)9-11-5-6-12(19)8-14(11)15(16,17)18/h5-6,8,13H,3-4,7,9-10,19H2,1-2H3. The summed E-state index contributed by atoms with van der Waals surface area (Å²) in [6.45, 7) is 2.12. The van der Waals surface area contributed by atoms with E-state index in [1.165, 1.54) is 12.1 Å². The number of anilines is 1. The fourth-order valence-corrected chi connectivity index (χ4v) is 2.92. The average molecular weight is 301 g/mol. The number of nitrogen functional groups attached to an aromatic ring is 1. The monoisotopic (exact) mass is 301 g/mol. The van der Waals surface area contributed by atoms with Gasteiger partial charge in [-0.05, 0) is 51.2 Å². The molecule has 6 heteroatoms. The van der Waals surface area contributed by atoms with Crippen molar-refractivity contribution in [2.45, 2.75) is 31.6 Å². The second kappa shape index (κ2) is 6.23. The zero-order chi connectivity index (χ0) is 15.6. The molecule has 2 N–H and O–H groups in total. The van der Waals surface area contributed by atoms with Crippen LogP contribution in [0, 0.1) is 0 Å². The first-order valence-corrected chi connectivity index (χ1v) is 7.12. The molecule has 1 aromatic rings. The molecular weight excluding hydrogens is 279 g/mol. The molecule has 1 fully saturated rings. The van der Waals surface area contributed by atoms with E-state index in [0.717, 1.165) is 32.0 Å². The fraction of sp³-hybridized carbons (Fsp3) is 0.600. The summed E-state index contributed by atoms with van der Waals surface area (Å²) in [6, 6.07) is 4.45.